The summed E-state index contributed by atoms with van der Waals surface area (Å²) in [6.45, 7) is 4.14. The molecule has 0 aliphatic carbocycles. The highest BCUT2D eigenvalue weighted by Gasteiger charge is 2.10. The van der Waals surface area contributed by atoms with Gasteiger partial charge in [0.2, 0.25) is 0 Å². The maximum Gasteiger partial charge on any atom is 0.161 e. The summed E-state index contributed by atoms with van der Waals surface area (Å²) in [6, 6.07) is 10.0. The first-order chi connectivity index (χ1) is 9.63. The maximum atomic E-state index is 5.33. The van der Waals surface area contributed by atoms with Crippen LogP contribution in [0.3, 0.4) is 0 Å². The minimum absolute atomic E-state index is 0.129. The second-order valence-electron chi connectivity index (χ2n) is 4.70. The largest absolute Gasteiger partial charge is 0.493 e. The Morgan fingerprint density at radius 1 is 1.05 bits per heavy atom. The zero-order valence-corrected chi connectivity index (χ0v) is 12.3. The Kier molecular flexibility index (Phi) is 4.45. The molecule has 2 aromatic rings. The van der Waals surface area contributed by atoms with Crippen LogP contribution in [0.5, 0.6) is 11.5 Å². The highest BCUT2D eigenvalue weighted by Crippen LogP contribution is 2.30. The van der Waals surface area contributed by atoms with E-state index in [2.05, 4.69) is 17.2 Å². The van der Waals surface area contributed by atoms with Crippen LogP contribution in [-0.2, 0) is 0 Å². The number of benzene rings is 1. The molecule has 4 heteroatoms. The summed E-state index contributed by atoms with van der Waals surface area (Å²) in [7, 11) is 3.28. The Balaban J connectivity index is 2.18. The number of nitrogens with zero attached hydrogens (tertiary/aromatic N) is 1. The fraction of sp³-hybridized carbons (Fsp3) is 0.312. The highest BCUT2D eigenvalue weighted by atomic mass is 16.5. The normalized spacial score (nSPS) is 11.8. The number of aryl methyl sites for hydroxylation is 1. The minimum Gasteiger partial charge on any atom is -0.493 e. The highest BCUT2D eigenvalue weighted by molar-refractivity contribution is 5.46. The van der Waals surface area contributed by atoms with Gasteiger partial charge in [0.05, 0.1) is 20.3 Å². The number of hydrogen-bond acceptors (Lipinski definition) is 4. The molecule has 1 aromatic heterocycles. The second kappa shape index (κ2) is 6.28. The monoisotopic (exact) mass is 272 g/mol. The number of nitrogens with one attached hydrogen (secondary N) is 1. The fourth-order valence-corrected chi connectivity index (χ4v) is 2.04. The molecule has 106 valence electrons. The molecule has 0 fully saturated rings. The van der Waals surface area contributed by atoms with E-state index in [-0.39, 0.29) is 6.04 Å². The molecule has 4 nitrogen and oxygen atoms in total. The van der Waals surface area contributed by atoms with Crippen molar-refractivity contribution in [3.05, 3.63) is 47.7 Å². The van der Waals surface area contributed by atoms with Gasteiger partial charge < -0.3 is 14.8 Å². The van der Waals surface area contributed by atoms with E-state index in [0.29, 0.717) is 0 Å². The van der Waals surface area contributed by atoms with Gasteiger partial charge in [0.25, 0.3) is 0 Å². The van der Waals surface area contributed by atoms with E-state index < -0.39 is 0 Å². The summed E-state index contributed by atoms with van der Waals surface area (Å²) in [5, 5.41) is 3.38. The minimum atomic E-state index is 0.129. The molecule has 0 aliphatic rings. The van der Waals surface area contributed by atoms with E-state index in [1.54, 1.807) is 20.4 Å². The summed E-state index contributed by atoms with van der Waals surface area (Å²) in [6.07, 6.45) is 1.80. The lowest BCUT2D eigenvalue weighted by Crippen LogP contribution is -2.08. The van der Waals surface area contributed by atoms with Gasteiger partial charge in [-0.15, -0.1) is 0 Å². The van der Waals surface area contributed by atoms with Crippen molar-refractivity contribution in [2.45, 2.75) is 19.9 Å². The molecular weight excluding hydrogens is 252 g/mol. The number of pyridine rings is 1. The topological polar surface area (TPSA) is 43.4 Å². The summed E-state index contributed by atoms with van der Waals surface area (Å²) in [4.78, 5) is 4.31. The summed E-state index contributed by atoms with van der Waals surface area (Å²) in [5.74, 6) is 2.33. The molecule has 0 bridgehead atoms. The third-order valence-electron chi connectivity index (χ3n) is 3.19. The molecule has 1 aromatic carbocycles. The van der Waals surface area contributed by atoms with E-state index in [0.717, 1.165) is 22.9 Å². The lowest BCUT2D eigenvalue weighted by Gasteiger charge is -2.17. The summed E-state index contributed by atoms with van der Waals surface area (Å²) in [5.41, 5.74) is 2.30. The first-order valence-corrected chi connectivity index (χ1v) is 6.55. The van der Waals surface area contributed by atoms with E-state index in [1.165, 1.54) is 5.56 Å². The van der Waals surface area contributed by atoms with Crippen molar-refractivity contribution < 1.29 is 9.47 Å². The molecule has 20 heavy (non-hydrogen) atoms. The first kappa shape index (κ1) is 14.2. The van der Waals surface area contributed by atoms with Gasteiger partial charge in [-0.3, -0.25) is 0 Å². The van der Waals surface area contributed by atoms with E-state index in [4.69, 9.17) is 9.47 Å². The van der Waals surface area contributed by atoms with E-state index in [9.17, 15) is 0 Å². The fourth-order valence-electron chi connectivity index (χ4n) is 2.04. The van der Waals surface area contributed by atoms with Crippen molar-refractivity contribution in [1.82, 2.24) is 4.98 Å². The van der Waals surface area contributed by atoms with Crippen LogP contribution in [0.4, 0.5) is 5.82 Å². The predicted molar refractivity (Wildman–Crippen MR) is 80.6 cm³/mol. The third kappa shape index (κ3) is 3.20. The standard InChI is InChI=1S/C16H20N2O2/c1-11-7-8-17-16(9-11)18-12(2)13-5-6-14(19-3)15(10-13)20-4/h5-10,12H,1-4H3,(H,17,18). The van der Waals surface area contributed by atoms with Crippen LogP contribution in [0, 0.1) is 6.92 Å². The van der Waals surface area contributed by atoms with Crippen molar-refractivity contribution >= 4 is 5.82 Å². The van der Waals surface area contributed by atoms with Crippen molar-refractivity contribution in [2.75, 3.05) is 19.5 Å². The predicted octanol–water partition coefficient (Wildman–Crippen LogP) is 3.58. The lowest BCUT2D eigenvalue weighted by molar-refractivity contribution is 0.354. The Morgan fingerprint density at radius 3 is 2.45 bits per heavy atom. The molecule has 1 heterocycles. The van der Waals surface area contributed by atoms with Crippen LogP contribution in [0.15, 0.2) is 36.5 Å². The molecule has 1 N–H and O–H groups in total. The Labute approximate surface area is 119 Å². The zero-order chi connectivity index (χ0) is 14.5. The van der Waals surface area contributed by atoms with Crippen molar-refractivity contribution in [3.63, 3.8) is 0 Å². The summed E-state index contributed by atoms with van der Waals surface area (Å²) < 4.78 is 10.6. The van der Waals surface area contributed by atoms with Crippen LogP contribution >= 0.6 is 0 Å². The average Bonchev–Trinajstić information content (AvgIpc) is 2.46. The van der Waals surface area contributed by atoms with Crippen molar-refractivity contribution in [1.29, 1.82) is 0 Å². The number of aromatic nitrogens is 1. The quantitative estimate of drug-likeness (QED) is 0.903. The molecule has 0 saturated carbocycles. The number of rotatable bonds is 5. The van der Waals surface area contributed by atoms with Gasteiger partial charge in [-0.25, -0.2) is 4.98 Å². The van der Waals surface area contributed by atoms with E-state index >= 15 is 0 Å². The smallest absolute Gasteiger partial charge is 0.161 e. The zero-order valence-electron chi connectivity index (χ0n) is 12.3. The molecule has 2 rings (SSSR count). The van der Waals surface area contributed by atoms with Crippen molar-refractivity contribution in [2.24, 2.45) is 0 Å². The van der Waals surface area contributed by atoms with Gasteiger partial charge in [0.15, 0.2) is 11.5 Å². The number of ether oxygens (including phenoxy) is 2. The first-order valence-electron chi connectivity index (χ1n) is 6.55. The molecule has 0 radical (unpaired) electrons. The van der Waals surface area contributed by atoms with Crippen LogP contribution in [0.1, 0.15) is 24.1 Å². The molecule has 1 unspecified atom stereocenters. The van der Waals surface area contributed by atoms with Crippen LogP contribution in [0.25, 0.3) is 0 Å². The van der Waals surface area contributed by atoms with Gasteiger partial charge in [-0.2, -0.15) is 0 Å². The van der Waals surface area contributed by atoms with Gasteiger partial charge in [-0.1, -0.05) is 6.07 Å². The van der Waals surface area contributed by atoms with E-state index in [1.807, 2.05) is 37.3 Å². The number of methoxy groups -OCH3 is 2. The van der Waals surface area contributed by atoms with Crippen LogP contribution in [0.2, 0.25) is 0 Å². The van der Waals surface area contributed by atoms with Crippen molar-refractivity contribution in [3.8, 4) is 11.5 Å². The van der Waals surface area contributed by atoms with Crippen LogP contribution < -0.4 is 14.8 Å². The Hall–Kier alpha value is -2.23. The molecule has 0 amide bonds. The molecule has 1 atom stereocenters. The van der Waals surface area contributed by atoms with Gasteiger partial charge in [-0.05, 0) is 49.2 Å². The average molecular weight is 272 g/mol. The number of anilines is 1. The molecular formula is C16H20N2O2. The lowest BCUT2D eigenvalue weighted by atomic mass is 10.1. The molecule has 0 saturated heterocycles. The second-order valence-corrected chi connectivity index (χ2v) is 4.70. The van der Waals surface area contributed by atoms with Gasteiger partial charge >= 0.3 is 0 Å². The number of hydrogen-bond donors (Lipinski definition) is 1. The van der Waals surface area contributed by atoms with Gasteiger partial charge in [0, 0.05) is 6.20 Å². The summed E-state index contributed by atoms with van der Waals surface area (Å²) >= 11 is 0. The Morgan fingerprint density at radius 2 is 1.80 bits per heavy atom. The van der Waals surface area contributed by atoms with Gasteiger partial charge in [0.1, 0.15) is 5.82 Å². The third-order valence-corrected chi connectivity index (χ3v) is 3.19. The van der Waals surface area contributed by atoms with Crippen LogP contribution in [-0.4, -0.2) is 19.2 Å². The maximum absolute atomic E-state index is 5.33. The molecule has 0 spiro atoms. The molecule has 0 aliphatic heterocycles. The SMILES string of the molecule is COc1ccc(C(C)Nc2cc(C)ccn2)cc1OC. The Bertz CT molecular complexity index is 584.